The van der Waals surface area contributed by atoms with Crippen LogP contribution >= 0.6 is 0 Å². The molecule has 0 bridgehead atoms. The van der Waals surface area contributed by atoms with Crippen LogP contribution in [0.5, 0.6) is 0 Å². The van der Waals surface area contributed by atoms with E-state index in [2.05, 4.69) is 16.4 Å². The number of nitrogens with one attached hydrogen (secondary N) is 2. The standard InChI is InChI=1S/C16H21N3O2/c17-15(20)7-3-4-10-18-16(21)9-8-12-11-19-14-6-2-1-5-13(12)14/h1-2,5-6,11,19H,3-4,7-10H2,(H2,17,20)(H,18,21). The second kappa shape index (κ2) is 7.47. The Kier molecular flexibility index (Phi) is 5.37. The molecule has 5 nitrogen and oxygen atoms in total. The fourth-order valence-electron chi connectivity index (χ4n) is 2.33. The van der Waals surface area contributed by atoms with Crippen molar-refractivity contribution in [2.45, 2.75) is 32.1 Å². The maximum absolute atomic E-state index is 11.8. The van der Waals surface area contributed by atoms with Crippen LogP contribution in [0.4, 0.5) is 0 Å². The van der Waals surface area contributed by atoms with Crippen LogP contribution in [0.2, 0.25) is 0 Å². The Balaban J connectivity index is 1.70. The van der Waals surface area contributed by atoms with Gasteiger partial charge in [-0.05, 0) is 30.9 Å². The zero-order chi connectivity index (χ0) is 15.1. The van der Waals surface area contributed by atoms with Gasteiger partial charge >= 0.3 is 0 Å². The van der Waals surface area contributed by atoms with E-state index in [1.54, 1.807) is 0 Å². The highest BCUT2D eigenvalue weighted by Crippen LogP contribution is 2.18. The maximum Gasteiger partial charge on any atom is 0.220 e. The molecule has 0 atom stereocenters. The second-order valence-electron chi connectivity index (χ2n) is 5.13. The first-order valence-corrected chi connectivity index (χ1v) is 7.27. The van der Waals surface area contributed by atoms with Crippen molar-refractivity contribution in [3.8, 4) is 0 Å². The minimum atomic E-state index is -0.291. The van der Waals surface area contributed by atoms with Crippen LogP contribution in [0, 0.1) is 0 Å². The number of hydrogen-bond acceptors (Lipinski definition) is 2. The number of amides is 2. The van der Waals surface area contributed by atoms with Crippen molar-refractivity contribution in [1.82, 2.24) is 10.3 Å². The summed E-state index contributed by atoms with van der Waals surface area (Å²) in [6, 6.07) is 8.07. The van der Waals surface area contributed by atoms with Crippen LogP contribution in [0.15, 0.2) is 30.5 Å². The summed E-state index contributed by atoms with van der Waals surface area (Å²) in [5.74, 6) is -0.250. The van der Waals surface area contributed by atoms with Crippen molar-refractivity contribution < 1.29 is 9.59 Å². The lowest BCUT2D eigenvalue weighted by Crippen LogP contribution is -2.24. The molecule has 1 aromatic carbocycles. The number of para-hydroxylation sites is 1. The van der Waals surface area contributed by atoms with Crippen LogP contribution in [0.3, 0.4) is 0 Å². The lowest BCUT2D eigenvalue weighted by molar-refractivity contribution is -0.121. The molecule has 5 heteroatoms. The third-order valence-electron chi connectivity index (χ3n) is 3.47. The van der Waals surface area contributed by atoms with E-state index < -0.39 is 0 Å². The van der Waals surface area contributed by atoms with Crippen molar-refractivity contribution in [3.63, 3.8) is 0 Å². The minimum absolute atomic E-state index is 0.0411. The van der Waals surface area contributed by atoms with Gasteiger partial charge in [0.25, 0.3) is 0 Å². The molecular weight excluding hydrogens is 266 g/mol. The Labute approximate surface area is 123 Å². The number of fused-ring (bicyclic) bond motifs is 1. The molecule has 112 valence electrons. The number of primary amides is 1. The summed E-state index contributed by atoms with van der Waals surface area (Å²) in [6.07, 6.45) is 5.03. The molecule has 0 radical (unpaired) electrons. The topological polar surface area (TPSA) is 88.0 Å². The predicted molar refractivity (Wildman–Crippen MR) is 82.7 cm³/mol. The summed E-state index contributed by atoms with van der Waals surface area (Å²) < 4.78 is 0. The number of nitrogens with two attached hydrogens (primary N) is 1. The molecule has 0 saturated heterocycles. The number of carbonyl (C=O) groups is 2. The number of hydrogen-bond donors (Lipinski definition) is 3. The van der Waals surface area contributed by atoms with Crippen molar-refractivity contribution in [2.24, 2.45) is 5.73 Å². The monoisotopic (exact) mass is 287 g/mol. The average molecular weight is 287 g/mol. The van der Waals surface area contributed by atoms with Gasteiger partial charge < -0.3 is 16.0 Å². The molecule has 21 heavy (non-hydrogen) atoms. The van der Waals surface area contributed by atoms with E-state index in [0.29, 0.717) is 19.4 Å². The summed E-state index contributed by atoms with van der Waals surface area (Å²) in [6.45, 7) is 0.597. The summed E-state index contributed by atoms with van der Waals surface area (Å²) in [5, 5.41) is 4.04. The van der Waals surface area contributed by atoms with Gasteiger partial charge in [-0.1, -0.05) is 18.2 Å². The summed E-state index contributed by atoms with van der Waals surface area (Å²) in [5.41, 5.74) is 7.31. The third-order valence-corrected chi connectivity index (χ3v) is 3.47. The molecule has 2 rings (SSSR count). The van der Waals surface area contributed by atoms with Gasteiger partial charge in [0.15, 0.2) is 0 Å². The highest BCUT2D eigenvalue weighted by atomic mass is 16.1. The normalized spacial score (nSPS) is 10.7. The summed E-state index contributed by atoms with van der Waals surface area (Å²) in [7, 11) is 0. The number of aromatic amines is 1. The molecule has 0 aliphatic rings. The Morgan fingerprint density at radius 1 is 1.14 bits per heavy atom. The van der Waals surface area contributed by atoms with Gasteiger partial charge in [0.1, 0.15) is 0 Å². The van der Waals surface area contributed by atoms with Gasteiger partial charge in [0.2, 0.25) is 11.8 Å². The fourth-order valence-corrected chi connectivity index (χ4v) is 2.33. The number of carbonyl (C=O) groups excluding carboxylic acids is 2. The van der Waals surface area contributed by atoms with E-state index in [-0.39, 0.29) is 11.8 Å². The van der Waals surface area contributed by atoms with Gasteiger partial charge in [-0.25, -0.2) is 0 Å². The molecule has 0 unspecified atom stereocenters. The van der Waals surface area contributed by atoms with Gasteiger partial charge in [-0.3, -0.25) is 9.59 Å². The SMILES string of the molecule is NC(=O)CCCCNC(=O)CCc1c[nH]c2ccccc12. The Morgan fingerprint density at radius 2 is 1.95 bits per heavy atom. The highest BCUT2D eigenvalue weighted by Gasteiger charge is 2.06. The number of aromatic nitrogens is 1. The van der Waals surface area contributed by atoms with E-state index >= 15 is 0 Å². The molecule has 0 spiro atoms. The molecule has 0 saturated carbocycles. The number of rotatable bonds is 8. The molecule has 0 aliphatic heterocycles. The molecule has 0 aliphatic carbocycles. The van der Waals surface area contributed by atoms with Crippen LogP contribution in [-0.2, 0) is 16.0 Å². The smallest absolute Gasteiger partial charge is 0.220 e. The van der Waals surface area contributed by atoms with Crippen LogP contribution in [0.25, 0.3) is 10.9 Å². The Bertz CT molecular complexity index is 619. The zero-order valence-electron chi connectivity index (χ0n) is 12.0. The van der Waals surface area contributed by atoms with E-state index in [1.807, 2.05) is 24.4 Å². The number of H-pyrrole nitrogens is 1. The van der Waals surface area contributed by atoms with E-state index in [1.165, 1.54) is 5.39 Å². The second-order valence-corrected chi connectivity index (χ2v) is 5.13. The lowest BCUT2D eigenvalue weighted by atomic mass is 10.1. The van der Waals surface area contributed by atoms with E-state index in [0.717, 1.165) is 30.3 Å². The Morgan fingerprint density at radius 3 is 2.76 bits per heavy atom. The van der Waals surface area contributed by atoms with Gasteiger partial charge in [0, 0.05) is 36.5 Å². The largest absolute Gasteiger partial charge is 0.370 e. The van der Waals surface area contributed by atoms with Gasteiger partial charge in [-0.2, -0.15) is 0 Å². The van der Waals surface area contributed by atoms with Gasteiger partial charge in [0.05, 0.1) is 0 Å². The molecule has 1 aromatic heterocycles. The fraction of sp³-hybridized carbons (Fsp3) is 0.375. The lowest BCUT2D eigenvalue weighted by Gasteiger charge is -2.04. The highest BCUT2D eigenvalue weighted by molar-refractivity contribution is 5.84. The Hall–Kier alpha value is -2.30. The first kappa shape index (κ1) is 15.1. The summed E-state index contributed by atoms with van der Waals surface area (Å²) >= 11 is 0. The van der Waals surface area contributed by atoms with Gasteiger partial charge in [-0.15, -0.1) is 0 Å². The van der Waals surface area contributed by atoms with Crippen molar-refractivity contribution >= 4 is 22.7 Å². The quantitative estimate of drug-likeness (QED) is 0.647. The average Bonchev–Trinajstić information content (AvgIpc) is 2.87. The molecule has 0 fully saturated rings. The number of unbranched alkanes of at least 4 members (excludes halogenated alkanes) is 1. The van der Waals surface area contributed by atoms with Crippen LogP contribution in [-0.4, -0.2) is 23.3 Å². The van der Waals surface area contributed by atoms with Crippen molar-refractivity contribution in [2.75, 3.05) is 6.54 Å². The molecule has 2 aromatic rings. The molecule has 1 heterocycles. The van der Waals surface area contributed by atoms with Crippen LogP contribution < -0.4 is 11.1 Å². The van der Waals surface area contributed by atoms with Crippen molar-refractivity contribution in [1.29, 1.82) is 0 Å². The number of aryl methyl sites for hydroxylation is 1. The van der Waals surface area contributed by atoms with E-state index in [9.17, 15) is 9.59 Å². The van der Waals surface area contributed by atoms with Crippen LogP contribution in [0.1, 0.15) is 31.2 Å². The first-order valence-electron chi connectivity index (χ1n) is 7.27. The molecule has 2 amide bonds. The van der Waals surface area contributed by atoms with E-state index in [4.69, 9.17) is 5.73 Å². The van der Waals surface area contributed by atoms with Crippen molar-refractivity contribution in [3.05, 3.63) is 36.0 Å². The predicted octanol–water partition coefficient (Wildman–Crippen LogP) is 1.87. The number of benzene rings is 1. The zero-order valence-corrected chi connectivity index (χ0v) is 12.0. The molecule has 4 N–H and O–H groups in total. The first-order chi connectivity index (χ1) is 10.2. The minimum Gasteiger partial charge on any atom is -0.370 e. The summed E-state index contributed by atoms with van der Waals surface area (Å²) in [4.78, 5) is 25.5. The maximum atomic E-state index is 11.8. The molecular formula is C16H21N3O2. The third kappa shape index (κ3) is 4.63.